The van der Waals surface area contributed by atoms with Crippen LogP contribution in [0, 0.1) is 5.92 Å². The van der Waals surface area contributed by atoms with Crippen LogP contribution in [0.15, 0.2) is 36.5 Å². The largest absolute Gasteiger partial charge is 0.401 e. The second-order valence-electron chi connectivity index (χ2n) is 8.94. The number of rotatable bonds is 3. The van der Waals surface area contributed by atoms with E-state index in [4.69, 9.17) is 9.47 Å². The molecule has 3 aliphatic heterocycles. The Balaban J connectivity index is 1.42. The molecule has 1 unspecified atom stereocenters. The van der Waals surface area contributed by atoms with Crippen LogP contribution in [0.3, 0.4) is 0 Å². The summed E-state index contributed by atoms with van der Waals surface area (Å²) in [5.41, 5.74) is 3.26. The summed E-state index contributed by atoms with van der Waals surface area (Å²) in [6.07, 6.45) is -1.96. The normalized spacial score (nSPS) is 21.9. The Bertz CT molecular complexity index is 1030. The Hall–Kier alpha value is -2.69. The smallest absolute Gasteiger partial charge is 0.376 e. The van der Waals surface area contributed by atoms with Gasteiger partial charge in [-0.1, -0.05) is 12.1 Å². The highest BCUT2D eigenvalue weighted by molar-refractivity contribution is 5.99. The number of amides is 1. The number of pyridine rings is 1. The summed E-state index contributed by atoms with van der Waals surface area (Å²) in [4.78, 5) is 21.3. The number of fused-ring (bicyclic) bond motifs is 2. The monoisotopic (exact) mass is 476 g/mol. The van der Waals surface area contributed by atoms with Gasteiger partial charge in [0.05, 0.1) is 44.3 Å². The standard InChI is InChI=1S/C24H27F3N4O3/c25-24(26,27)15-30-8-5-16(6-9-30)23(32)31-13-18-2-1-7-28-22(18)29-19-4-3-17(12-20(19)31)21-14-33-10-11-34-21/h1-4,7,12,16,21H,5-6,8-11,13-15H2,(H,28,29). The highest BCUT2D eigenvalue weighted by Crippen LogP contribution is 2.39. The van der Waals surface area contributed by atoms with E-state index in [0.29, 0.717) is 50.7 Å². The number of hydrogen-bond acceptors (Lipinski definition) is 6. The van der Waals surface area contributed by atoms with Gasteiger partial charge in [0.25, 0.3) is 0 Å². The van der Waals surface area contributed by atoms with Crippen molar-refractivity contribution in [2.75, 3.05) is 49.7 Å². The second-order valence-corrected chi connectivity index (χ2v) is 8.94. The van der Waals surface area contributed by atoms with E-state index in [1.807, 2.05) is 30.3 Å². The maximum absolute atomic E-state index is 13.7. The van der Waals surface area contributed by atoms with Crippen molar-refractivity contribution in [1.29, 1.82) is 0 Å². The molecule has 2 aromatic rings. The fraction of sp³-hybridized carbons (Fsp3) is 0.500. The van der Waals surface area contributed by atoms with Gasteiger partial charge in [-0.2, -0.15) is 13.2 Å². The molecule has 0 spiro atoms. The van der Waals surface area contributed by atoms with Gasteiger partial charge in [0.1, 0.15) is 11.9 Å². The molecule has 3 aliphatic rings. The molecular formula is C24H27F3N4O3. The van der Waals surface area contributed by atoms with Gasteiger partial charge < -0.3 is 19.7 Å². The molecule has 4 heterocycles. The van der Waals surface area contributed by atoms with E-state index < -0.39 is 12.7 Å². The van der Waals surface area contributed by atoms with Crippen LogP contribution in [0.1, 0.15) is 30.1 Å². The number of alkyl halides is 3. The van der Waals surface area contributed by atoms with E-state index in [1.54, 1.807) is 11.1 Å². The lowest BCUT2D eigenvalue weighted by Gasteiger charge is -2.34. The molecule has 1 N–H and O–H groups in total. The fourth-order valence-corrected chi connectivity index (χ4v) is 4.83. The lowest BCUT2D eigenvalue weighted by molar-refractivity contribution is -0.149. The zero-order chi connectivity index (χ0) is 23.7. The third kappa shape index (κ3) is 5.03. The molecule has 7 nitrogen and oxygen atoms in total. The van der Waals surface area contributed by atoms with Gasteiger partial charge in [-0.3, -0.25) is 9.69 Å². The summed E-state index contributed by atoms with van der Waals surface area (Å²) >= 11 is 0. The molecule has 34 heavy (non-hydrogen) atoms. The number of ether oxygens (including phenoxy) is 2. The molecule has 0 saturated carbocycles. The van der Waals surface area contributed by atoms with E-state index >= 15 is 0 Å². The third-order valence-corrected chi connectivity index (χ3v) is 6.58. The van der Waals surface area contributed by atoms with Crippen LogP contribution in [0.4, 0.5) is 30.4 Å². The van der Waals surface area contributed by atoms with Crippen LogP contribution in [-0.4, -0.2) is 61.4 Å². The molecule has 5 rings (SSSR count). The molecule has 1 atom stereocenters. The van der Waals surface area contributed by atoms with Gasteiger partial charge in [0, 0.05) is 17.7 Å². The average molecular weight is 476 g/mol. The number of likely N-dealkylation sites (tertiary alicyclic amines) is 1. The van der Waals surface area contributed by atoms with Crippen molar-refractivity contribution in [2.24, 2.45) is 5.92 Å². The van der Waals surface area contributed by atoms with Gasteiger partial charge >= 0.3 is 6.18 Å². The number of aromatic nitrogens is 1. The molecule has 0 radical (unpaired) electrons. The number of hydrogen-bond donors (Lipinski definition) is 1. The molecule has 1 amide bonds. The van der Waals surface area contributed by atoms with E-state index in [2.05, 4.69) is 10.3 Å². The summed E-state index contributed by atoms with van der Waals surface area (Å²) in [6, 6.07) is 9.57. The average Bonchev–Trinajstić information content (AvgIpc) is 3.00. The number of nitrogens with one attached hydrogen (secondary N) is 1. The molecule has 0 bridgehead atoms. The SMILES string of the molecule is O=C(C1CCN(CC(F)(F)F)CC1)N1Cc2cccnc2Nc2ccc(C3COCCO3)cc21. The Kier molecular flexibility index (Phi) is 6.46. The van der Waals surface area contributed by atoms with Gasteiger partial charge in [-0.15, -0.1) is 0 Å². The summed E-state index contributed by atoms with van der Waals surface area (Å²) in [5.74, 6) is 0.266. The van der Waals surface area contributed by atoms with Crippen LogP contribution in [0.25, 0.3) is 0 Å². The lowest BCUT2D eigenvalue weighted by atomic mass is 9.94. The van der Waals surface area contributed by atoms with Crippen LogP contribution < -0.4 is 10.2 Å². The molecule has 10 heteroatoms. The van der Waals surface area contributed by atoms with E-state index in [9.17, 15) is 18.0 Å². The molecule has 1 aromatic heterocycles. The van der Waals surface area contributed by atoms with Gasteiger partial charge in [0.2, 0.25) is 5.91 Å². The molecule has 2 saturated heterocycles. The number of benzene rings is 1. The highest BCUT2D eigenvalue weighted by Gasteiger charge is 2.36. The van der Waals surface area contributed by atoms with Crippen LogP contribution in [-0.2, 0) is 20.8 Å². The van der Waals surface area contributed by atoms with Crippen molar-refractivity contribution in [3.05, 3.63) is 47.7 Å². The predicted octanol–water partition coefficient (Wildman–Crippen LogP) is 4.03. The quantitative estimate of drug-likeness (QED) is 0.722. The summed E-state index contributed by atoms with van der Waals surface area (Å²) in [6.45, 7) is 1.41. The van der Waals surface area contributed by atoms with E-state index in [0.717, 1.165) is 16.8 Å². The van der Waals surface area contributed by atoms with Crippen LogP contribution in [0.5, 0.6) is 0 Å². The topological polar surface area (TPSA) is 66.9 Å². The minimum absolute atomic E-state index is 0.0793. The Morgan fingerprint density at radius 2 is 2.00 bits per heavy atom. The van der Waals surface area contributed by atoms with Crippen molar-refractivity contribution < 1.29 is 27.4 Å². The Labute approximate surface area is 195 Å². The van der Waals surface area contributed by atoms with Crippen molar-refractivity contribution in [2.45, 2.75) is 31.7 Å². The first-order chi connectivity index (χ1) is 16.4. The van der Waals surface area contributed by atoms with Crippen molar-refractivity contribution in [3.8, 4) is 0 Å². The number of piperidine rings is 1. The minimum atomic E-state index is -4.23. The second kappa shape index (κ2) is 9.52. The van der Waals surface area contributed by atoms with Crippen molar-refractivity contribution in [3.63, 3.8) is 0 Å². The molecule has 182 valence electrons. The first-order valence-electron chi connectivity index (χ1n) is 11.5. The van der Waals surface area contributed by atoms with Crippen LogP contribution >= 0.6 is 0 Å². The maximum atomic E-state index is 13.7. The highest BCUT2D eigenvalue weighted by atomic mass is 19.4. The number of halogens is 3. The van der Waals surface area contributed by atoms with Gasteiger partial charge in [-0.25, -0.2) is 4.98 Å². The molecular weight excluding hydrogens is 449 g/mol. The fourth-order valence-electron chi connectivity index (χ4n) is 4.83. The minimum Gasteiger partial charge on any atom is -0.376 e. The summed E-state index contributed by atoms with van der Waals surface area (Å²) in [7, 11) is 0. The zero-order valence-electron chi connectivity index (χ0n) is 18.7. The summed E-state index contributed by atoms with van der Waals surface area (Å²) in [5, 5.41) is 3.34. The maximum Gasteiger partial charge on any atom is 0.401 e. The number of carbonyl (C=O) groups is 1. The van der Waals surface area contributed by atoms with Gasteiger partial charge in [0.15, 0.2) is 0 Å². The van der Waals surface area contributed by atoms with Gasteiger partial charge in [-0.05, 0) is 49.7 Å². The Morgan fingerprint density at radius 3 is 2.74 bits per heavy atom. The number of carbonyl (C=O) groups excluding carboxylic acids is 1. The molecule has 1 aromatic carbocycles. The van der Waals surface area contributed by atoms with Crippen molar-refractivity contribution in [1.82, 2.24) is 9.88 Å². The number of nitrogens with zero attached hydrogens (tertiary/aromatic N) is 3. The van der Waals surface area contributed by atoms with E-state index in [1.165, 1.54) is 4.90 Å². The summed E-state index contributed by atoms with van der Waals surface area (Å²) < 4.78 is 49.7. The number of anilines is 3. The first kappa shape index (κ1) is 23.1. The Morgan fingerprint density at radius 1 is 1.18 bits per heavy atom. The molecule has 2 fully saturated rings. The molecule has 0 aliphatic carbocycles. The predicted molar refractivity (Wildman–Crippen MR) is 120 cm³/mol. The third-order valence-electron chi connectivity index (χ3n) is 6.58. The van der Waals surface area contributed by atoms with Crippen molar-refractivity contribution >= 4 is 23.1 Å². The lowest BCUT2D eigenvalue weighted by Crippen LogP contribution is -2.45. The van der Waals surface area contributed by atoms with E-state index in [-0.39, 0.29) is 31.0 Å². The van der Waals surface area contributed by atoms with Crippen LogP contribution in [0.2, 0.25) is 0 Å². The zero-order valence-corrected chi connectivity index (χ0v) is 18.7. The first-order valence-corrected chi connectivity index (χ1v) is 11.5.